The van der Waals surface area contributed by atoms with Gasteiger partial charge in [0.05, 0.1) is 6.04 Å². The van der Waals surface area contributed by atoms with Gasteiger partial charge in [-0.1, -0.05) is 30.3 Å². The number of aryl methyl sites for hydroxylation is 1. The molecule has 7 nitrogen and oxygen atoms in total. The summed E-state index contributed by atoms with van der Waals surface area (Å²) in [7, 11) is 3.15. The normalized spacial score (nSPS) is 15.0. The first-order valence-corrected chi connectivity index (χ1v) is 7.98. The Hall–Kier alpha value is -2.83. The summed E-state index contributed by atoms with van der Waals surface area (Å²) in [6, 6.07) is 10.4. The van der Waals surface area contributed by atoms with Crippen LogP contribution in [0.2, 0.25) is 0 Å². The van der Waals surface area contributed by atoms with Crippen molar-refractivity contribution in [1.29, 1.82) is 0 Å². The maximum Gasteiger partial charge on any atom is 0.332 e. The molecule has 0 saturated carbocycles. The van der Waals surface area contributed by atoms with Crippen LogP contribution in [0.25, 0.3) is 11.2 Å². The Morgan fingerprint density at radius 3 is 2.46 bits per heavy atom. The van der Waals surface area contributed by atoms with E-state index in [0.717, 1.165) is 17.1 Å². The topological polar surface area (TPSA) is 65.1 Å². The van der Waals surface area contributed by atoms with Gasteiger partial charge in [-0.25, -0.2) is 4.79 Å². The van der Waals surface area contributed by atoms with Crippen LogP contribution in [0.5, 0.6) is 0 Å². The zero-order valence-electron chi connectivity index (χ0n) is 13.9. The number of benzene rings is 1. The van der Waals surface area contributed by atoms with E-state index in [2.05, 4.69) is 28.9 Å². The maximum absolute atomic E-state index is 12.5. The van der Waals surface area contributed by atoms with Gasteiger partial charge in [-0.2, -0.15) is 4.98 Å². The smallest absolute Gasteiger partial charge is 0.332 e. The summed E-state index contributed by atoms with van der Waals surface area (Å²) in [5.74, 6) is 0.750. The largest absolute Gasteiger partial charge is 0.334 e. The van der Waals surface area contributed by atoms with Crippen LogP contribution in [0.15, 0.2) is 39.9 Å². The molecule has 0 fully saturated rings. The maximum atomic E-state index is 12.5. The van der Waals surface area contributed by atoms with Crippen molar-refractivity contribution in [2.24, 2.45) is 14.1 Å². The molecule has 0 spiro atoms. The quantitative estimate of drug-likeness (QED) is 0.705. The summed E-state index contributed by atoms with van der Waals surface area (Å²) < 4.78 is 4.50. The Bertz CT molecular complexity index is 1040. The molecule has 7 heteroatoms. The van der Waals surface area contributed by atoms with E-state index in [1.807, 2.05) is 22.8 Å². The molecule has 3 heterocycles. The Morgan fingerprint density at radius 1 is 1.04 bits per heavy atom. The molecule has 24 heavy (non-hydrogen) atoms. The van der Waals surface area contributed by atoms with Crippen molar-refractivity contribution in [3.05, 3.63) is 56.7 Å². The Kier molecular flexibility index (Phi) is 3.13. The zero-order valence-corrected chi connectivity index (χ0v) is 13.9. The fourth-order valence-corrected chi connectivity index (χ4v) is 3.45. The summed E-state index contributed by atoms with van der Waals surface area (Å²) >= 11 is 0. The first-order valence-electron chi connectivity index (χ1n) is 7.98. The van der Waals surface area contributed by atoms with E-state index in [9.17, 15) is 9.59 Å². The van der Waals surface area contributed by atoms with Crippen molar-refractivity contribution < 1.29 is 0 Å². The predicted octanol–water partition coefficient (Wildman–Crippen LogP) is 1.01. The Morgan fingerprint density at radius 2 is 1.75 bits per heavy atom. The van der Waals surface area contributed by atoms with Crippen LogP contribution in [0.1, 0.15) is 18.5 Å². The SMILES string of the molecule is CC(c1ccccc1)N1CCn2c1nc1c2c(=O)n(C)c(=O)n1C. The van der Waals surface area contributed by atoms with E-state index >= 15 is 0 Å². The number of rotatable bonds is 2. The molecule has 0 aliphatic carbocycles. The average molecular weight is 325 g/mol. The monoisotopic (exact) mass is 325 g/mol. The molecular weight excluding hydrogens is 306 g/mol. The second-order valence-electron chi connectivity index (χ2n) is 6.22. The molecule has 0 N–H and O–H groups in total. The van der Waals surface area contributed by atoms with Crippen LogP contribution < -0.4 is 16.1 Å². The van der Waals surface area contributed by atoms with Gasteiger partial charge in [0.25, 0.3) is 5.56 Å². The number of imidazole rings is 1. The lowest BCUT2D eigenvalue weighted by Crippen LogP contribution is -2.37. The van der Waals surface area contributed by atoms with Gasteiger partial charge in [0.2, 0.25) is 5.95 Å². The van der Waals surface area contributed by atoms with Crippen LogP contribution in [-0.2, 0) is 20.6 Å². The fraction of sp³-hybridized carbons (Fsp3) is 0.353. The minimum absolute atomic E-state index is 0.144. The van der Waals surface area contributed by atoms with Crippen LogP contribution in [-0.4, -0.2) is 25.2 Å². The minimum Gasteiger partial charge on any atom is -0.334 e. The highest BCUT2D eigenvalue weighted by molar-refractivity contribution is 5.75. The molecule has 124 valence electrons. The molecule has 4 rings (SSSR count). The summed E-state index contributed by atoms with van der Waals surface area (Å²) in [6.07, 6.45) is 0. The second-order valence-corrected chi connectivity index (χ2v) is 6.22. The lowest BCUT2D eigenvalue weighted by Gasteiger charge is -2.24. The molecular formula is C17H19N5O2. The van der Waals surface area contributed by atoms with Crippen molar-refractivity contribution >= 4 is 17.1 Å². The molecule has 0 amide bonds. The third kappa shape index (κ3) is 1.87. The van der Waals surface area contributed by atoms with Crippen LogP contribution in [0.4, 0.5) is 5.95 Å². The zero-order chi connectivity index (χ0) is 17.0. The van der Waals surface area contributed by atoms with E-state index < -0.39 is 0 Å². The Labute approximate surface area is 138 Å². The minimum atomic E-state index is -0.355. The van der Waals surface area contributed by atoms with Gasteiger partial charge < -0.3 is 9.47 Å². The van der Waals surface area contributed by atoms with E-state index in [0.29, 0.717) is 17.7 Å². The molecule has 0 bridgehead atoms. The van der Waals surface area contributed by atoms with Crippen molar-refractivity contribution in [3.8, 4) is 0 Å². The number of fused-ring (bicyclic) bond motifs is 3. The van der Waals surface area contributed by atoms with Gasteiger partial charge in [-0.05, 0) is 12.5 Å². The highest BCUT2D eigenvalue weighted by Crippen LogP contribution is 2.32. The van der Waals surface area contributed by atoms with Crippen LogP contribution in [0, 0.1) is 0 Å². The third-order valence-electron chi connectivity index (χ3n) is 4.90. The van der Waals surface area contributed by atoms with Crippen LogP contribution >= 0.6 is 0 Å². The van der Waals surface area contributed by atoms with Crippen molar-refractivity contribution in [2.45, 2.75) is 19.5 Å². The summed E-state index contributed by atoms with van der Waals surface area (Å²) in [4.78, 5) is 31.5. The molecule has 0 radical (unpaired) electrons. The van der Waals surface area contributed by atoms with Gasteiger partial charge in [0, 0.05) is 27.2 Å². The van der Waals surface area contributed by atoms with Gasteiger partial charge in [0.1, 0.15) is 0 Å². The third-order valence-corrected chi connectivity index (χ3v) is 4.90. The number of aromatic nitrogens is 4. The first kappa shape index (κ1) is 14.7. The molecule has 1 aliphatic rings. The molecule has 1 aromatic carbocycles. The number of hydrogen-bond acceptors (Lipinski definition) is 4. The molecule has 2 aromatic heterocycles. The number of hydrogen-bond donors (Lipinski definition) is 0. The van der Waals surface area contributed by atoms with Gasteiger partial charge >= 0.3 is 5.69 Å². The second kappa shape index (κ2) is 5.09. The van der Waals surface area contributed by atoms with Gasteiger partial charge in [0.15, 0.2) is 11.2 Å². The van der Waals surface area contributed by atoms with Crippen LogP contribution in [0.3, 0.4) is 0 Å². The molecule has 1 atom stereocenters. The summed E-state index contributed by atoms with van der Waals surface area (Å²) in [5.41, 5.74) is 1.49. The predicted molar refractivity (Wildman–Crippen MR) is 92.4 cm³/mol. The number of anilines is 1. The molecule has 1 aliphatic heterocycles. The van der Waals surface area contributed by atoms with Gasteiger partial charge in [-0.3, -0.25) is 13.9 Å². The standard InChI is InChI=1S/C17H19N5O2/c1-11(12-7-5-4-6-8-12)21-9-10-22-13-14(18-16(21)22)19(2)17(24)20(3)15(13)23/h4-8,11H,9-10H2,1-3H3. The van der Waals surface area contributed by atoms with Gasteiger partial charge in [-0.15, -0.1) is 0 Å². The molecule has 3 aromatic rings. The van der Waals surface area contributed by atoms with E-state index in [-0.39, 0.29) is 17.3 Å². The lowest BCUT2D eigenvalue weighted by atomic mass is 10.1. The highest BCUT2D eigenvalue weighted by atomic mass is 16.2. The van der Waals surface area contributed by atoms with Crippen molar-refractivity contribution in [3.63, 3.8) is 0 Å². The first-order chi connectivity index (χ1) is 11.5. The van der Waals surface area contributed by atoms with E-state index in [1.165, 1.54) is 17.2 Å². The highest BCUT2D eigenvalue weighted by Gasteiger charge is 2.30. The average Bonchev–Trinajstić information content (AvgIpc) is 3.17. The van der Waals surface area contributed by atoms with E-state index in [1.54, 1.807) is 7.05 Å². The summed E-state index contributed by atoms with van der Waals surface area (Å²) in [6.45, 7) is 3.61. The van der Waals surface area contributed by atoms with Crippen molar-refractivity contribution in [1.82, 2.24) is 18.7 Å². The fourth-order valence-electron chi connectivity index (χ4n) is 3.45. The van der Waals surface area contributed by atoms with Crippen molar-refractivity contribution in [2.75, 3.05) is 11.4 Å². The van der Waals surface area contributed by atoms with E-state index in [4.69, 9.17) is 0 Å². The molecule has 1 unspecified atom stereocenters. The Balaban J connectivity index is 1.91. The number of nitrogens with zero attached hydrogens (tertiary/aromatic N) is 5. The lowest BCUT2D eigenvalue weighted by molar-refractivity contribution is 0.674. The summed E-state index contributed by atoms with van der Waals surface area (Å²) in [5, 5.41) is 0. The molecule has 0 saturated heterocycles.